The SMILES string of the molecule is Cc1cc(F)ccc1CC(=O)c1cncc(Br)c1. The fourth-order valence-corrected chi connectivity index (χ4v) is 2.06. The van der Waals surface area contributed by atoms with Crippen molar-refractivity contribution in [2.45, 2.75) is 13.3 Å². The number of aryl methyl sites for hydroxylation is 1. The molecule has 0 aliphatic carbocycles. The Hall–Kier alpha value is -1.55. The third-order valence-corrected chi connectivity index (χ3v) is 3.12. The molecule has 1 aromatic heterocycles. The number of nitrogens with zero attached hydrogens (tertiary/aromatic N) is 1. The highest BCUT2D eigenvalue weighted by atomic mass is 79.9. The van der Waals surface area contributed by atoms with E-state index >= 15 is 0 Å². The second-order valence-corrected chi connectivity index (χ2v) is 4.98. The van der Waals surface area contributed by atoms with Crippen LogP contribution >= 0.6 is 15.9 Å². The van der Waals surface area contributed by atoms with Crippen LogP contribution in [0.5, 0.6) is 0 Å². The molecule has 0 N–H and O–H groups in total. The predicted molar refractivity (Wildman–Crippen MR) is 71.1 cm³/mol. The van der Waals surface area contributed by atoms with E-state index in [0.29, 0.717) is 5.56 Å². The fourth-order valence-electron chi connectivity index (χ4n) is 1.70. The molecule has 0 radical (unpaired) electrons. The van der Waals surface area contributed by atoms with E-state index in [1.807, 2.05) is 0 Å². The molecular weight excluding hydrogens is 297 g/mol. The number of hydrogen-bond acceptors (Lipinski definition) is 2. The summed E-state index contributed by atoms with van der Waals surface area (Å²) >= 11 is 3.28. The first-order valence-corrected chi connectivity index (χ1v) is 6.24. The largest absolute Gasteiger partial charge is 0.294 e. The molecule has 2 rings (SSSR count). The Morgan fingerprint density at radius 2 is 2.11 bits per heavy atom. The molecule has 0 unspecified atom stereocenters. The number of halogens is 2. The second kappa shape index (κ2) is 5.40. The first-order valence-electron chi connectivity index (χ1n) is 5.45. The maximum absolute atomic E-state index is 13.0. The van der Waals surface area contributed by atoms with Gasteiger partial charge in [0.1, 0.15) is 5.82 Å². The van der Waals surface area contributed by atoms with Gasteiger partial charge in [0.25, 0.3) is 0 Å². The van der Waals surface area contributed by atoms with E-state index in [0.717, 1.165) is 15.6 Å². The molecule has 2 nitrogen and oxygen atoms in total. The molecule has 0 saturated carbocycles. The lowest BCUT2D eigenvalue weighted by Crippen LogP contribution is -2.05. The number of hydrogen-bond donors (Lipinski definition) is 0. The number of pyridine rings is 1. The Morgan fingerprint density at radius 3 is 2.78 bits per heavy atom. The predicted octanol–water partition coefficient (Wildman–Crippen LogP) is 3.72. The average Bonchev–Trinajstić information content (AvgIpc) is 2.32. The van der Waals surface area contributed by atoms with Crippen LogP contribution < -0.4 is 0 Å². The van der Waals surface area contributed by atoms with E-state index in [9.17, 15) is 9.18 Å². The van der Waals surface area contributed by atoms with Crippen molar-refractivity contribution < 1.29 is 9.18 Å². The Bertz CT molecular complexity index is 598. The first kappa shape index (κ1) is 12.9. The van der Waals surface area contributed by atoms with Crippen LogP contribution in [0.1, 0.15) is 21.5 Å². The highest BCUT2D eigenvalue weighted by Gasteiger charge is 2.10. The maximum atomic E-state index is 13.0. The van der Waals surface area contributed by atoms with Gasteiger partial charge in [-0.25, -0.2) is 4.39 Å². The summed E-state index contributed by atoms with van der Waals surface area (Å²) in [5, 5.41) is 0. The van der Waals surface area contributed by atoms with Crippen LogP contribution in [0.2, 0.25) is 0 Å². The van der Waals surface area contributed by atoms with Gasteiger partial charge < -0.3 is 0 Å². The number of ketones is 1. The minimum Gasteiger partial charge on any atom is -0.294 e. The molecule has 0 aliphatic heterocycles. The van der Waals surface area contributed by atoms with E-state index in [4.69, 9.17) is 0 Å². The van der Waals surface area contributed by atoms with Crippen LogP contribution in [0.3, 0.4) is 0 Å². The fraction of sp³-hybridized carbons (Fsp3) is 0.143. The van der Waals surface area contributed by atoms with Gasteiger partial charge in [0.2, 0.25) is 0 Å². The quantitative estimate of drug-likeness (QED) is 0.809. The lowest BCUT2D eigenvalue weighted by Gasteiger charge is -2.05. The van der Waals surface area contributed by atoms with Crippen molar-refractivity contribution in [3.8, 4) is 0 Å². The summed E-state index contributed by atoms with van der Waals surface area (Å²) in [5.41, 5.74) is 2.17. The van der Waals surface area contributed by atoms with Crippen molar-refractivity contribution in [2.75, 3.05) is 0 Å². The minimum absolute atomic E-state index is 0.0292. The van der Waals surface area contributed by atoms with Crippen molar-refractivity contribution in [3.63, 3.8) is 0 Å². The monoisotopic (exact) mass is 307 g/mol. The second-order valence-electron chi connectivity index (χ2n) is 4.06. The molecule has 0 aliphatic rings. The number of rotatable bonds is 3. The molecule has 1 aromatic carbocycles. The van der Waals surface area contributed by atoms with Gasteiger partial charge in [-0.1, -0.05) is 6.07 Å². The number of carbonyl (C=O) groups is 1. The summed E-state index contributed by atoms with van der Waals surface area (Å²) in [6, 6.07) is 6.18. The zero-order chi connectivity index (χ0) is 13.1. The van der Waals surface area contributed by atoms with Gasteiger partial charge in [-0.3, -0.25) is 9.78 Å². The number of benzene rings is 1. The Labute approximate surface area is 113 Å². The van der Waals surface area contributed by atoms with Crippen molar-refractivity contribution >= 4 is 21.7 Å². The van der Waals surface area contributed by atoms with Crippen LogP contribution in [0, 0.1) is 12.7 Å². The molecule has 0 atom stereocenters. The van der Waals surface area contributed by atoms with Gasteiger partial charge in [-0.15, -0.1) is 0 Å². The summed E-state index contributed by atoms with van der Waals surface area (Å²) in [5.74, 6) is -0.314. The summed E-state index contributed by atoms with van der Waals surface area (Å²) in [4.78, 5) is 16.0. The van der Waals surface area contributed by atoms with E-state index < -0.39 is 0 Å². The molecule has 0 saturated heterocycles. The Morgan fingerprint density at radius 1 is 1.33 bits per heavy atom. The van der Waals surface area contributed by atoms with E-state index in [-0.39, 0.29) is 18.0 Å². The van der Waals surface area contributed by atoms with Crippen LogP contribution in [-0.4, -0.2) is 10.8 Å². The lowest BCUT2D eigenvalue weighted by molar-refractivity contribution is 0.0992. The van der Waals surface area contributed by atoms with Crippen molar-refractivity contribution in [2.24, 2.45) is 0 Å². The molecule has 4 heteroatoms. The third kappa shape index (κ3) is 3.01. The van der Waals surface area contributed by atoms with Crippen LogP contribution in [0.15, 0.2) is 41.1 Å². The molecule has 0 bridgehead atoms. The summed E-state index contributed by atoms with van der Waals surface area (Å²) in [6.07, 6.45) is 3.41. The zero-order valence-electron chi connectivity index (χ0n) is 9.78. The Balaban J connectivity index is 2.21. The van der Waals surface area contributed by atoms with Gasteiger partial charge in [0.15, 0.2) is 5.78 Å². The minimum atomic E-state index is -0.284. The van der Waals surface area contributed by atoms with Crippen LogP contribution in [0.4, 0.5) is 4.39 Å². The van der Waals surface area contributed by atoms with Crippen LogP contribution in [-0.2, 0) is 6.42 Å². The number of carbonyl (C=O) groups excluding carboxylic acids is 1. The van der Waals surface area contributed by atoms with Gasteiger partial charge in [-0.2, -0.15) is 0 Å². The highest BCUT2D eigenvalue weighted by Crippen LogP contribution is 2.15. The molecule has 0 spiro atoms. The van der Waals surface area contributed by atoms with Gasteiger partial charge in [0.05, 0.1) is 0 Å². The average molecular weight is 308 g/mol. The van der Waals surface area contributed by atoms with Gasteiger partial charge >= 0.3 is 0 Å². The first-order chi connectivity index (χ1) is 8.56. The number of aromatic nitrogens is 1. The smallest absolute Gasteiger partial charge is 0.168 e. The molecule has 0 fully saturated rings. The van der Waals surface area contributed by atoms with Gasteiger partial charge in [0, 0.05) is 28.9 Å². The topological polar surface area (TPSA) is 30.0 Å². The Kier molecular flexibility index (Phi) is 3.87. The summed E-state index contributed by atoms with van der Waals surface area (Å²) in [6.45, 7) is 1.80. The van der Waals surface area contributed by atoms with E-state index in [2.05, 4.69) is 20.9 Å². The molecule has 1 heterocycles. The normalized spacial score (nSPS) is 10.4. The van der Waals surface area contributed by atoms with Crippen molar-refractivity contribution in [3.05, 3.63) is 63.6 Å². The van der Waals surface area contributed by atoms with Crippen LogP contribution in [0.25, 0.3) is 0 Å². The molecular formula is C14H11BrFNO. The van der Waals surface area contributed by atoms with Gasteiger partial charge in [-0.05, 0) is 52.2 Å². The van der Waals surface area contributed by atoms with Crippen molar-refractivity contribution in [1.29, 1.82) is 0 Å². The third-order valence-electron chi connectivity index (χ3n) is 2.68. The molecule has 18 heavy (non-hydrogen) atoms. The van der Waals surface area contributed by atoms with Crippen molar-refractivity contribution in [1.82, 2.24) is 4.98 Å². The standard InChI is InChI=1S/C14H11BrFNO/c1-9-4-13(16)3-2-10(9)6-14(18)11-5-12(15)8-17-7-11/h2-5,7-8H,6H2,1H3. The molecule has 92 valence electrons. The zero-order valence-corrected chi connectivity index (χ0v) is 11.4. The lowest BCUT2D eigenvalue weighted by atomic mass is 10.0. The summed E-state index contributed by atoms with van der Waals surface area (Å²) < 4.78 is 13.7. The van der Waals surface area contributed by atoms with E-state index in [1.165, 1.54) is 18.3 Å². The number of Topliss-reactive ketones (excluding diaryl/α,β-unsaturated/α-hetero) is 1. The maximum Gasteiger partial charge on any atom is 0.168 e. The summed E-state index contributed by atoms with van der Waals surface area (Å²) in [7, 11) is 0. The molecule has 0 amide bonds. The molecule has 2 aromatic rings. The van der Waals surface area contributed by atoms with E-state index in [1.54, 1.807) is 25.3 Å². The highest BCUT2D eigenvalue weighted by molar-refractivity contribution is 9.10.